The summed E-state index contributed by atoms with van der Waals surface area (Å²) in [6, 6.07) is 7.61. The summed E-state index contributed by atoms with van der Waals surface area (Å²) in [6.45, 7) is 4.74. The van der Waals surface area contributed by atoms with Gasteiger partial charge in [0.1, 0.15) is 0 Å². The standard InChI is InChI=1S/C23H30N2O6S/c1-4-30-22(28)16-8-10-24(11-9-16)21(27)15(2)31-23(29)17-12-20(26)25(14-17)18-6-5-7-19(13-18)32-3/h5-7,13,15-17H,4,8-12,14H2,1-3H3/t15-,17-/m0/s1. The Hall–Kier alpha value is -2.55. The molecule has 9 heteroatoms. The van der Waals surface area contributed by atoms with Gasteiger partial charge in [-0.25, -0.2) is 0 Å². The number of amides is 2. The van der Waals surface area contributed by atoms with Crippen molar-refractivity contribution in [3.8, 4) is 0 Å². The molecule has 8 nitrogen and oxygen atoms in total. The summed E-state index contributed by atoms with van der Waals surface area (Å²) in [5, 5.41) is 0. The zero-order valence-corrected chi connectivity index (χ0v) is 19.6. The number of likely N-dealkylation sites (tertiary alicyclic amines) is 1. The fourth-order valence-electron chi connectivity index (χ4n) is 4.07. The number of thioether (sulfide) groups is 1. The van der Waals surface area contributed by atoms with Crippen LogP contribution in [-0.4, -0.2) is 67.3 Å². The number of nitrogens with zero attached hydrogens (tertiary/aromatic N) is 2. The van der Waals surface area contributed by atoms with Crippen LogP contribution in [0, 0.1) is 11.8 Å². The van der Waals surface area contributed by atoms with Gasteiger partial charge in [-0.15, -0.1) is 11.8 Å². The molecule has 2 heterocycles. The van der Waals surface area contributed by atoms with Gasteiger partial charge in [0.2, 0.25) is 5.91 Å². The van der Waals surface area contributed by atoms with Crippen molar-refractivity contribution < 1.29 is 28.7 Å². The SMILES string of the molecule is CCOC(=O)C1CCN(C(=O)[C@H](C)OC(=O)[C@H]2CC(=O)N(c3cccc(SC)c3)C2)CC1. The number of carbonyl (C=O) groups is 4. The van der Waals surface area contributed by atoms with E-state index in [9.17, 15) is 19.2 Å². The molecule has 1 aromatic carbocycles. The van der Waals surface area contributed by atoms with Crippen LogP contribution < -0.4 is 4.90 Å². The Bertz CT molecular complexity index is 868. The molecule has 2 atom stereocenters. The second-order valence-electron chi connectivity index (χ2n) is 8.04. The van der Waals surface area contributed by atoms with Gasteiger partial charge in [-0.2, -0.15) is 0 Å². The van der Waals surface area contributed by atoms with Crippen LogP contribution in [0.2, 0.25) is 0 Å². The number of ether oxygens (including phenoxy) is 2. The molecular weight excluding hydrogens is 432 g/mol. The molecule has 0 N–H and O–H groups in total. The number of benzene rings is 1. The van der Waals surface area contributed by atoms with E-state index in [1.54, 1.807) is 35.4 Å². The fourth-order valence-corrected chi connectivity index (χ4v) is 4.52. The Balaban J connectivity index is 1.51. The lowest BCUT2D eigenvalue weighted by Gasteiger charge is -2.32. The van der Waals surface area contributed by atoms with Gasteiger partial charge in [0, 0.05) is 36.6 Å². The maximum atomic E-state index is 12.7. The molecule has 2 aliphatic rings. The van der Waals surface area contributed by atoms with Crippen LogP contribution in [0.4, 0.5) is 5.69 Å². The predicted octanol–water partition coefficient (Wildman–Crippen LogP) is 2.49. The van der Waals surface area contributed by atoms with E-state index in [1.165, 1.54) is 0 Å². The van der Waals surface area contributed by atoms with Gasteiger partial charge in [-0.1, -0.05) is 6.07 Å². The van der Waals surface area contributed by atoms with Crippen molar-refractivity contribution in [1.29, 1.82) is 0 Å². The summed E-state index contributed by atoms with van der Waals surface area (Å²) in [6.07, 6.45) is 2.15. The van der Waals surface area contributed by atoms with Crippen molar-refractivity contribution in [2.24, 2.45) is 11.8 Å². The van der Waals surface area contributed by atoms with Gasteiger partial charge in [-0.3, -0.25) is 19.2 Å². The zero-order valence-electron chi connectivity index (χ0n) is 18.7. The second-order valence-corrected chi connectivity index (χ2v) is 8.92. The lowest BCUT2D eigenvalue weighted by Crippen LogP contribution is -2.46. The Labute approximate surface area is 192 Å². The molecule has 0 radical (unpaired) electrons. The highest BCUT2D eigenvalue weighted by molar-refractivity contribution is 7.98. The van der Waals surface area contributed by atoms with Crippen molar-refractivity contribution in [3.05, 3.63) is 24.3 Å². The third-order valence-electron chi connectivity index (χ3n) is 5.89. The number of piperidine rings is 1. The fraction of sp³-hybridized carbons (Fsp3) is 0.565. The molecule has 2 amide bonds. The average molecular weight is 463 g/mol. The number of hydrogen-bond acceptors (Lipinski definition) is 7. The van der Waals surface area contributed by atoms with Gasteiger partial charge in [-0.05, 0) is 51.1 Å². The largest absolute Gasteiger partial charge is 0.466 e. The molecule has 0 aliphatic carbocycles. The molecule has 0 saturated carbocycles. The van der Waals surface area contributed by atoms with Gasteiger partial charge >= 0.3 is 11.9 Å². The van der Waals surface area contributed by atoms with Crippen LogP contribution in [0.15, 0.2) is 29.2 Å². The minimum atomic E-state index is -0.939. The molecule has 174 valence electrons. The van der Waals surface area contributed by atoms with Crippen molar-refractivity contribution in [2.75, 3.05) is 37.4 Å². The number of esters is 2. The van der Waals surface area contributed by atoms with E-state index in [1.807, 2.05) is 30.5 Å². The lowest BCUT2D eigenvalue weighted by molar-refractivity contribution is -0.163. The summed E-state index contributed by atoms with van der Waals surface area (Å²) in [4.78, 5) is 54.0. The predicted molar refractivity (Wildman–Crippen MR) is 120 cm³/mol. The monoisotopic (exact) mass is 462 g/mol. The summed E-state index contributed by atoms with van der Waals surface area (Å²) >= 11 is 1.58. The first-order valence-electron chi connectivity index (χ1n) is 10.9. The molecule has 1 aromatic rings. The third-order valence-corrected chi connectivity index (χ3v) is 6.62. The Morgan fingerprint density at radius 1 is 1.16 bits per heavy atom. The summed E-state index contributed by atoms with van der Waals surface area (Å²) < 4.78 is 10.5. The highest BCUT2D eigenvalue weighted by Crippen LogP contribution is 2.29. The number of hydrogen-bond donors (Lipinski definition) is 0. The van der Waals surface area contributed by atoms with Crippen LogP contribution in [-0.2, 0) is 28.7 Å². The maximum absolute atomic E-state index is 12.7. The molecule has 3 rings (SSSR count). The first-order valence-corrected chi connectivity index (χ1v) is 12.2. The van der Waals surface area contributed by atoms with Crippen LogP contribution in [0.3, 0.4) is 0 Å². The van der Waals surface area contributed by atoms with E-state index in [-0.39, 0.29) is 36.7 Å². The minimum Gasteiger partial charge on any atom is -0.466 e. The van der Waals surface area contributed by atoms with E-state index in [0.29, 0.717) is 32.5 Å². The molecule has 2 saturated heterocycles. The second kappa shape index (κ2) is 10.8. The van der Waals surface area contributed by atoms with E-state index >= 15 is 0 Å². The van der Waals surface area contributed by atoms with Crippen LogP contribution in [0.1, 0.15) is 33.1 Å². The molecule has 0 bridgehead atoms. The van der Waals surface area contributed by atoms with Gasteiger partial charge in [0.15, 0.2) is 6.10 Å². The van der Waals surface area contributed by atoms with Crippen molar-refractivity contribution in [3.63, 3.8) is 0 Å². The number of anilines is 1. The van der Waals surface area contributed by atoms with E-state index < -0.39 is 18.0 Å². The Morgan fingerprint density at radius 3 is 2.53 bits per heavy atom. The number of carbonyl (C=O) groups excluding carboxylic acids is 4. The zero-order chi connectivity index (χ0) is 23.3. The first-order chi connectivity index (χ1) is 15.3. The highest BCUT2D eigenvalue weighted by atomic mass is 32.2. The third kappa shape index (κ3) is 5.62. The summed E-state index contributed by atoms with van der Waals surface area (Å²) in [5.74, 6) is -1.98. The molecule has 2 fully saturated rings. The quantitative estimate of drug-likeness (QED) is 0.454. The molecule has 0 aromatic heterocycles. The van der Waals surface area contributed by atoms with Gasteiger partial charge in [0.05, 0.1) is 18.4 Å². The van der Waals surface area contributed by atoms with Gasteiger partial charge in [0.25, 0.3) is 5.91 Å². The van der Waals surface area contributed by atoms with Crippen LogP contribution >= 0.6 is 11.8 Å². The average Bonchev–Trinajstić information content (AvgIpc) is 3.20. The van der Waals surface area contributed by atoms with Crippen molar-refractivity contribution in [1.82, 2.24) is 4.90 Å². The summed E-state index contributed by atoms with van der Waals surface area (Å²) in [5.41, 5.74) is 0.755. The number of rotatable bonds is 7. The van der Waals surface area contributed by atoms with Crippen molar-refractivity contribution in [2.45, 2.75) is 44.1 Å². The van der Waals surface area contributed by atoms with Crippen molar-refractivity contribution >= 4 is 41.2 Å². The Kier molecular flexibility index (Phi) is 8.17. The van der Waals surface area contributed by atoms with Gasteiger partial charge < -0.3 is 19.3 Å². The Morgan fingerprint density at radius 2 is 1.88 bits per heavy atom. The molecule has 2 aliphatic heterocycles. The maximum Gasteiger partial charge on any atom is 0.312 e. The molecule has 0 unspecified atom stereocenters. The molecule has 32 heavy (non-hydrogen) atoms. The molecule has 0 spiro atoms. The minimum absolute atomic E-state index is 0.0637. The molecular formula is C23H30N2O6S. The van der Waals surface area contributed by atoms with E-state index in [2.05, 4.69) is 0 Å². The smallest absolute Gasteiger partial charge is 0.312 e. The topological polar surface area (TPSA) is 93.2 Å². The normalized spacial score (nSPS) is 20.2. The van der Waals surface area contributed by atoms with Crippen LogP contribution in [0.5, 0.6) is 0 Å². The lowest BCUT2D eigenvalue weighted by atomic mass is 9.96. The van der Waals surface area contributed by atoms with Crippen LogP contribution in [0.25, 0.3) is 0 Å². The summed E-state index contributed by atoms with van der Waals surface area (Å²) in [7, 11) is 0. The van der Waals surface area contributed by atoms with E-state index in [4.69, 9.17) is 9.47 Å². The van der Waals surface area contributed by atoms with E-state index in [0.717, 1.165) is 10.6 Å². The first kappa shape index (κ1) is 24.1. The highest BCUT2D eigenvalue weighted by Gasteiger charge is 2.38.